The van der Waals surface area contributed by atoms with Crippen LogP contribution < -0.4 is 9.75 Å². The molecule has 1 aromatic carbocycles. The molecule has 2 atom stereocenters. The molecule has 0 saturated heterocycles. The van der Waals surface area contributed by atoms with Crippen molar-refractivity contribution in [3.63, 3.8) is 0 Å². The lowest BCUT2D eigenvalue weighted by Crippen LogP contribution is -2.30. The van der Waals surface area contributed by atoms with Gasteiger partial charge in [-0.25, -0.2) is 4.79 Å². The Morgan fingerprint density at radius 1 is 1.38 bits per heavy atom. The standard InChI is InChI=1S/C16H18N2O3/c1-3-21-16(19)15-13-5-4-6-14(13)18(17-15)11-7-9-12(20-2)10-8-11/h4,6-10,13-14H,3,5H2,1-2H3. The molecular weight excluding hydrogens is 268 g/mol. The van der Waals surface area contributed by atoms with Gasteiger partial charge in [0.25, 0.3) is 0 Å². The van der Waals surface area contributed by atoms with E-state index in [2.05, 4.69) is 17.3 Å². The highest BCUT2D eigenvalue weighted by molar-refractivity contribution is 6.38. The molecule has 0 aromatic heterocycles. The van der Waals surface area contributed by atoms with Gasteiger partial charge >= 0.3 is 5.97 Å². The van der Waals surface area contributed by atoms with Gasteiger partial charge in [-0.3, -0.25) is 5.01 Å². The van der Waals surface area contributed by atoms with Crippen molar-refractivity contribution in [1.29, 1.82) is 0 Å². The maximum Gasteiger partial charge on any atom is 0.354 e. The summed E-state index contributed by atoms with van der Waals surface area (Å²) in [6, 6.07) is 7.76. The number of rotatable bonds is 4. The van der Waals surface area contributed by atoms with E-state index in [9.17, 15) is 4.79 Å². The molecule has 0 bridgehead atoms. The molecule has 0 amide bonds. The summed E-state index contributed by atoms with van der Waals surface area (Å²) in [6.45, 7) is 2.17. The number of hydrogen-bond acceptors (Lipinski definition) is 5. The topological polar surface area (TPSA) is 51.1 Å². The molecule has 1 aliphatic carbocycles. The first-order valence-corrected chi connectivity index (χ1v) is 7.10. The summed E-state index contributed by atoms with van der Waals surface area (Å²) < 4.78 is 10.3. The first kappa shape index (κ1) is 13.7. The zero-order valence-corrected chi connectivity index (χ0v) is 12.2. The summed E-state index contributed by atoms with van der Waals surface area (Å²) in [6.07, 6.45) is 5.03. The van der Waals surface area contributed by atoms with Gasteiger partial charge in [-0.15, -0.1) is 0 Å². The molecule has 110 valence electrons. The van der Waals surface area contributed by atoms with Crippen molar-refractivity contribution >= 4 is 17.4 Å². The summed E-state index contributed by atoms with van der Waals surface area (Å²) in [5.74, 6) is 0.574. The molecule has 0 saturated carbocycles. The van der Waals surface area contributed by atoms with E-state index in [-0.39, 0.29) is 17.9 Å². The Kier molecular flexibility index (Phi) is 3.64. The molecule has 0 spiro atoms. The number of allylic oxidation sites excluding steroid dienone is 1. The number of ether oxygens (including phenoxy) is 2. The number of hydrogen-bond donors (Lipinski definition) is 0. The first-order chi connectivity index (χ1) is 10.2. The Hall–Kier alpha value is -2.30. The lowest BCUT2D eigenvalue weighted by molar-refractivity contribution is -0.135. The minimum Gasteiger partial charge on any atom is -0.497 e. The van der Waals surface area contributed by atoms with Gasteiger partial charge in [-0.2, -0.15) is 5.10 Å². The lowest BCUT2D eigenvalue weighted by atomic mass is 9.98. The largest absolute Gasteiger partial charge is 0.497 e. The van der Waals surface area contributed by atoms with E-state index < -0.39 is 0 Å². The minimum atomic E-state index is -0.313. The van der Waals surface area contributed by atoms with E-state index >= 15 is 0 Å². The van der Waals surface area contributed by atoms with Gasteiger partial charge in [0.1, 0.15) is 5.75 Å². The molecule has 5 heteroatoms. The number of carbonyl (C=O) groups excluding carboxylic acids is 1. The fourth-order valence-corrected chi connectivity index (χ4v) is 2.78. The van der Waals surface area contributed by atoms with Gasteiger partial charge in [-0.1, -0.05) is 12.2 Å². The van der Waals surface area contributed by atoms with Crippen LogP contribution in [-0.4, -0.2) is 31.4 Å². The van der Waals surface area contributed by atoms with Gasteiger partial charge in [0.15, 0.2) is 5.71 Å². The van der Waals surface area contributed by atoms with Crippen molar-refractivity contribution in [2.24, 2.45) is 11.0 Å². The molecule has 5 nitrogen and oxygen atoms in total. The molecular formula is C16H18N2O3. The van der Waals surface area contributed by atoms with E-state index in [1.165, 1.54) is 0 Å². The Balaban J connectivity index is 1.89. The SMILES string of the molecule is CCOC(=O)C1=NN(c2ccc(OC)cc2)C2C=CCC12. The van der Waals surface area contributed by atoms with Crippen molar-refractivity contribution in [2.45, 2.75) is 19.4 Å². The third kappa shape index (κ3) is 2.39. The van der Waals surface area contributed by atoms with E-state index in [1.807, 2.05) is 29.3 Å². The number of fused-ring (bicyclic) bond motifs is 1. The van der Waals surface area contributed by atoms with Crippen molar-refractivity contribution in [3.05, 3.63) is 36.4 Å². The van der Waals surface area contributed by atoms with Gasteiger partial charge < -0.3 is 9.47 Å². The number of nitrogens with zero attached hydrogens (tertiary/aromatic N) is 2. The average Bonchev–Trinajstić information content (AvgIpc) is 3.09. The van der Waals surface area contributed by atoms with Crippen LogP contribution in [0, 0.1) is 5.92 Å². The summed E-state index contributed by atoms with van der Waals surface area (Å²) in [5.41, 5.74) is 1.46. The molecule has 3 rings (SSSR count). The number of methoxy groups -OCH3 is 1. The normalized spacial score (nSPS) is 23.0. The van der Waals surface area contributed by atoms with Crippen LogP contribution >= 0.6 is 0 Å². The van der Waals surface area contributed by atoms with Crippen molar-refractivity contribution in [1.82, 2.24) is 0 Å². The molecule has 0 radical (unpaired) electrons. The highest BCUT2D eigenvalue weighted by atomic mass is 16.5. The minimum absolute atomic E-state index is 0.0890. The fraction of sp³-hybridized carbons (Fsp3) is 0.375. The maximum absolute atomic E-state index is 12.0. The van der Waals surface area contributed by atoms with Crippen LogP contribution in [0.2, 0.25) is 0 Å². The maximum atomic E-state index is 12.0. The fourth-order valence-electron chi connectivity index (χ4n) is 2.78. The smallest absolute Gasteiger partial charge is 0.354 e. The molecule has 2 aliphatic rings. The average molecular weight is 286 g/mol. The zero-order valence-electron chi connectivity index (χ0n) is 12.2. The number of carbonyl (C=O) groups is 1. The number of benzene rings is 1. The zero-order chi connectivity index (χ0) is 14.8. The Bertz CT molecular complexity index is 592. The second kappa shape index (κ2) is 5.60. The monoisotopic (exact) mass is 286 g/mol. The van der Waals surface area contributed by atoms with E-state index in [0.717, 1.165) is 17.9 Å². The number of esters is 1. The second-order valence-electron chi connectivity index (χ2n) is 5.01. The second-order valence-corrected chi connectivity index (χ2v) is 5.01. The summed E-state index contributed by atoms with van der Waals surface area (Å²) in [4.78, 5) is 12.0. The van der Waals surface area contributed by atoms with Crippen LogP contribution in [0.1, 0.15) is 13.3 Å². The van der Waals surface area contributed by atoms with Gasteiger partial charge in [0.05, 0.1) is 25.4 Å². The van der Waals surface area contributed by atoms with Crippen molar-refractivity contribution in [2.75, 3.05) is 18.7 Å². The number of hydrazone groups is 1. The van der Waals surface area contributed by atoms with E-state index in [1.54, 1.807) is 14.0 Å². The Morgan fingerprint density at radius 3 is 2.81 bits per heavy atom. The highest BCUT2D eigenvalue weighted by Crippen LogP contribution is 2.35. The van der Waals surface area contributed by atoms with E-state index in [4.69, 9.17) is 9.47 Å². The van der Waals surface area contributed by atoms with Gasteiger partial charge in [-0.05, 0) is 37.6 Å². The summed E-state index contributed by atoms with van der Waals surface area (Å²) in [7, 11) is 1.64. The van der Waals surface area contributed by atoms with E-state index in [0.29, 0.717) is 12.3 Å². The third-order valence-corrected chi connectivity index (χ3v) is 3.81. The first-order valence-electron chi connectivity index (χ1n) is 7.10. The molecule has 21 heavy (non-hydrogen) atoms. The Morgan fingerprint density at radius 2 is 2.14 bits per heavy atom. The summed E-state index contributed by atoms with van der Waals surface area (Å²) in [5, 5.41) is 6.39. The van der Waals surface area contributed by atoms with Crippen LogP contribution in [0.25, 0.3) is 0 Å². The molecule has 2 unspecified atom stereocenters. The predicted molar refractivity (Wildman–Crippen MR) is 80.6 cm³/mol. The van der Waals surface area contributed by atoms with Crippen LogP contribution in [0.3, 0.4) is 0 Å². The third-order valence-electron chi connectivity index (χ3n) is 3.81. The molecule has 0 fully saturated rings. The number of anilines is 1. The molecule has 1 heterocycles. The van der Waals surface area contributed by atoms with Crippen LogP contribution in [0.4, 0.5) is 5.69 Å². The predicted octanol–water partition coefficient (Wildman–Crippen LogP) is 2.38. The molecule has 0 N–H and O–H groups in total. The quantitative estimate of drug-likeness (QED) is 0.630. The Labute approximate surface area is 123 Å². The molecule has 1 aromatic rings. The van der Waals surface area contributed by atoms with Crippen molar-refractivity contribution in [3.8, 4) is 5.75 Å². The van der Waals surface area contributed by atoms with Crippen LogP contribution in [0.15, 0.2) is 41.5 Å². The van der Waals surface area contributed by atoms with Gasteiger partial charge in [0.2, 0.25) is 0 Å². The van der Waals surface area contributed by atoms with Crippen LogP contribution in [0.5, 0.6) is 5.75 Å². The lowest BCUT2D eigenvalue weighted by Gasteiger charge is -2.21. The summed E-state index contributed by atoms with van der Waals surface area (Å²) >= 11 is 0. The highest BCUT2D eigenvalue weighted by Gasteiger charge is 2.42. The van der Waals surface area contributed by atoms with Crippen LogP contribution in [-0.2, 0) is 9.53 Å². The van der Waals surface area contributed by atoms with Gasteiger partial charge in [0, 0.05) is 5.92 Å². The molecule has 1 aliphatic heterocycles. The van der Waals surface area contributed by atoms with Crippen molar-refractivity contribution < 1.29 is 14.3 Å².